The summed E-state index contributed by atoms with van der Waals surface area (Å²) in [5, 5.41) is 2.17. The average Bonchev–Trinajstić information content (AvgIpc) is 3.14. The van der Waals surface area contributed by atoms with Crippen LogP contribution in [0, 0.1) is 0 Å². The Balaban J connectivity index is 1.48. The first-order valence-corrected chi connectivity index (χ1v) is 10.7. The van der Waals surface area contributed by atoms with Gasteiger partial charge < -0.3 is 15.2 Å². The molecule has 0 aromatic heterocycles. The summed E-state index contributed by atoms with van der Waals surface area (Å²) >= 11 is 0. The van der Waals surface area contributed by atoms with E-state index in [0.717, 1.165) is 16.3 Å². The largest absolute Gasteiger partial charge is 0.347 e. The molecule has 2 aromatic rings. The van der Waals surface area contributed by atoms with E-state index in [-0.39, 0.29) is 6.54 Å². The van der Waals surface area contributed by atoms with Crippen molar-refractivity contribution in [2.24, 2.45) is 5.73 Å². The van der Waals surface area contributed by atoms with Crippen LogP contribution in [-0.4, -0.2) is 51.4 Å². The lowest BCUT2D eigenvalue weighted by atomic mass is 10.0. The van der Waals surface area contributed by atoms with Gasteiger partial charge in [-0.05, 0) is 22.4 Å². The van der Waals surface area contributed by atoms with Gasteiger partial charge in [0.05, 0.1) is 19.3 Å². The number of fused-ring (bicyclic) bond motifs is 1. The molecule has 3 N–H and O–H groups in total. The molecule has 2 heterocycles. The molecule has 146 valence electrons. The number of nitrogens with two attached hydrogens (primary N) is 1. The van der Waals surface area contributed by atoms with Crippen molar-refractivity contribution < 1.29 is 17.9 Å². The van der Waals surface area contributed by atoms with Gasteiger partial charge >= 0.3 is 0 Å². The number of hydrogen-bond donors (Lipinski definition) is 2. The monoisotopic (exact) mass is 391 g/mol. The summed E-state index contributed by atoms with van der Waals surface area (Å²) in [6.07, 6.45) is 1.08. The van der Waals surface area contributed by atoms with Gasteiger partial charge in [0.2, 0.25) is 0 Å². The van der Waals surface area contributed by atoms with Gasteiger partial charge in [-0.1, -0.05) is 36.4 Å². The highest BCUT2D eigenvalue weighted by Crippen LogP contribution is 2.32. The van der Waals surface area contributed by atoms with E-state index in [9.17, 15) is 8.42 Å². The van der Waals surface area contributed by atoms with Crippen LogP contribution in [0.25, 0.3) is 10.8 Å². The molecule has 0 amide bonds. The first-order chi connectivity index (χ1) is 13.0. The van der Waals surface area contributed by atoms with E-state index >= 15 is 0 Å². The molecular weight excluding hydrogens is 366 g/mol. The van der Waals surface area contributed by atoms with Crippen molar-refractivity contribution in [1.82, 2.24) is 9.03 Å². The van der Waals surface area contributed by atoms with Crippen molar-refractivity contribution in [3.8, 4) is 0 Å². The lowest BCUT2D eigenvalue weighted by Crippen LogP contribution is -2.51. The predicted octanol–water partition coefficient (Wildman–Crippen LogP) is 1.51. The number of nitrogens with one attached hydrogen (secondary N) is 1. The Morgan fingerprint density at radius 3 is 2.41 bits per heavy atom. The molecule has 4 rings (SSSR count). The van der Waals surface area contributed by atoms with E-state index in [1.165, 1.54) is 4.31 Å². The van der Waals surface area contributed by atoms with Crippen LogP contribution >= 0.6 is 0 Å². The quantitative estimate of drug-likeness (QED) is 0.806. The van der Waals surface area contributed by atoms with Gasteiger partial charge in [0.25, 0.3) is 10.2 Å². The maximum Gasteiger partial charge on any atom is 0.280 e. The van der Waals surface area contributed by atoms with E-state index in [0.29, 0.717) is 39.1 Å². The average molecular weight is 391 g/mol. The number of hydrogen-bond acceptors (Lipinski definition) is 5. The van der Waals surface area contributed by atoms with E-state index < -0.39 is 22.0 Å². The Labute approximate surface area is 159 Å². The molecule has 8 heteroatoms. The molecular formula is C19H25N3O4S. The SMILES string of the molecule is NCC(NS(=O)(=O)N1CCC2(CC1)OCCO2)c1ccc2ccccc2c1. The van der Waals surface area contributed by atoms with Crippen LogP contribution in [0.4, 0.5) is 0 Å². The van der Waals surface area contributed by atoms with Crippen LogP contribution in [0.2, 0.25) is 0 Å². The van der Waals surface area contributed by atoms with Gasteiger partial charge in [0.1, 0.15) is 0 Å². The molecule has 2 aliphatic heterocycles. The number of rotatable bonds is 5. The Kier molecular flexibility index (Phi) is 5.19. The Morgan fingerprint density at radius 2 is 1.74 bits per heavy atom. The summed E-state index contributed by atoms with van der Waals surface area (Å²) in [5.74, 6) is -0.600. The number of nitrogens with zero attached hydrogens (tertiary/aromatic N) is 1. The number of ether oxygens (including phenoxy) is 2. The summed E-state index contributed by atoms with van der Waals surface area (Å²) in [7, 11) is -3.65. The van der Waals surface area contributed by atoms with Crippen molar-refractivity contribution in [3.05, 3.63) is 48.0 Å². The summed E-state index contributed by atoms with van der Waals surface area (Å²) in [4.78, 5) is 0. The van der Waals surface area contributed by atoms with Crippen LogP contribution in [-0.2, 0) is 19.7 Å². The van der Waals surface area contributed by atoms with Crippen LogP contribution in [0.3, 0.4) is 0 Å². The minimum Gasteiger partial charge on any atom is -0.347 e. The molecule has 1 unspecified atom stereocenters. The highest BCUT2D eigenvalue weighted by Gasteiger charge is 2.42. The van der Waals surface area contributed by atoms with E-state index in [2.05, 4.69) is 4.72 Å². The van der Waals surface area contributed by atoms with Gasteiger partial charge in [0.15, 0.2) is 5.79 Å². The van der Waals surface area contributed by atoms with Gasteiger partial charge in [0, 0.05) is 32.5 Å². The second-order valence-corrected chi connectivity index (χ2v) is 8.73. The van der Waals surface area contributed by atoms with Gasteiger partial charge in [-0.3, -0.25) is 0 Å². The van der Waals surface area contributed by atoms with Crippen LogP contribution in [0.5, 0.6) is 0 Å². The fourth-order valence-corrected chi connectivity index (χ4v) is 5.19. The fourth-order valence-electron chi connectivity index (χ4n) is 3.78. The third-order valence-electron chi connectivity index (χ3n) is 5.34. The van der Waals surface area contributed by atoms with Crippen molar-refractivity contribution in [3.63, 3.8) is 0 Å². The first-order valence-electron chi connectivity index (χ1n) is 9.25. The van der Waals surface area contributed by atoms with Gasteiger partial charge in [-0.25, -0.2) is 0 Å². The normalized spacial score (nSPS) is 21.7. The highest BCUT2D eigenvalue weighted by molar-refractivity contribution is 7.87. The molecule has 7 nitrogen and oxygen atoms in total. The molecule has 2 aliphatic rings. The van der Waals surface area contributed by atoms with E-state index in [4.69, 9.17) is 15.2 Å². The minimum atomic E-state index is -3.65. The van der Waals surface area contributed by atoms with E-state index in [1.54, 1.807) is 0 Å². The van der Waals surface area contributed by atoms with Crippen LogP contribution in [0.15, 0.2) is 42.5 Å². The third kappa shape index (κ3) is 3.87. The molecule has 0 radical (unpaired) electrons. The number of piperidine rings is 1. The zero-order valence-electron chi connectivity index (χ0n) is 15.1. The summed E-state index contributed by atoms with van der Waals surface area (Å²) in [5.41, 5.74) is 6.75. The second-order valence-electron chi connectivity index (χ2n) is 7.02. The maximum atomic E-state index is 12.9. The maximum absolute atomic E-state index is 12.9. The molecule has 2 saturated heterocycles. The van der Waals surface area contributed by atoms with Crippen molar-refractivity contribution >= 4 is 21.0 Å². The van der Waals surface area contributed by atoms with Crippen molar-refractivity contribution in [2.75, 3.05) is 32.8 Å². The first kappa shape index (κ1) is 18.8. The second kappa shape index (κ2) is 7.46. The lowest BCUT2D eigenvalue weighted by molar-refractivity contribution is -0.179. The molecule has 0 aliphatic carbocycles. The van der Waals surface area contributed by atoms with Gasteiger partial charge in [-0.2, -0.15) is 17.4 Å². The molecule has 0 saturated carbocycles. The molecule has 1 atom stereocenters. The summed E-state index contributed by atoms with van der Waals surface area (Å²) in [6, 6.07) is 13.4. The molecule has 2 fully saturated rings. The van der Waals surface area contributed by atoms with Crippen LogP contribution in [0.1, 0.15) is 24.4 Å². The molecule has 0 bridgehead atoms. The molecule has 2 aromatic carbocycles. The summed E-state index contributed by atoms with van der Waals surface area (Å²) < 4.78 is 41.3. The predicted molar refractivity (Wildman–Crippen MR) is 103 cm³/mol. The number of benzene rings is 2. The third-order valence-corrected chi connectivity index (χ3v) is 6.97. The topological polar surface area (TPSA) is 93.9 Å². The molecule has 27 heavy (non-hydrogen) atoms. The zero-order chi connectivity index (χ0) is 18.9. The Bertz CT molecular complexity index is 902. The molecule has 1 spiro atoms. The highest BCUT2D eigenvalue weighted by atomic mass is 32.2. The zero-order valence-corrected chi connectivity index (χ0v) is 16.0. The van der Waals surface area contributed by atoms with Crippen molar-refractivity contribution in [2.45, 2.75) is 24.7 Å². The lowest BCUT2D eigenvalue weighted by Gasteiger charge is -2.37. The smallest absolute Gasteiger partial charge is 0.280 e. The Hall–Kier alpha value is -1.55. The van der Waals surface area contributed by atoms with Crippen molar-refractivity contribution in [1.29, 1.82) is 0 Å². The Morgan fingerprint density at radius 1 is 1.07 bits per heavy atom. The van der Waals surface area contributed by atoms with E-state index in [1.807, 2.05) is 42.5 Å². The van der Waals surface area contributed by atoms with Crippen LogP contribution < -0.4 is 10.5 Å². The van der Waals surface area contributed by atoms with Gasteiger partial charge in [-0.15, -0.1) is 0 Å². The summed E-state index contributed by atoms with van der Waals surface area (Å²) in [6.45, 7) is 2.06. The standard InChI is InChI=1S/C19H25N3O4S/c20-14-18(17-6-5-15-3-1-2-4-16(15)13-17)21-27(23,24)22-9-7-19(8-10-22)25-11-12-26-19/h1-6,13,18,21H,7-12,14,20H2. The fraction of sp³-hybridized carbons (Fsp3) is 0.474. The minimum absolute atomic E-state index is 0.182.